The van der Waals surface area contributed by atoms with E-state index in [4.69, 9.17) is 0 Å². The van der Waals surface area contributed by atoms with Gasteiger partial charge in [-0.2, -0.15) is 0 Å². The Labute approximate surface area is 123 Å². The van der Waals surface area contributed by atoms with E-state index in [2.05, 4.69) is 34.1 Å². The van der Waals surface area contributed by atoms with Crippen molar-refractivity contribution >= 4 is 28.4 Å². The smallest absolute Gasteiger partial charge is 0.190 e. The first-order valence-corrected chi connectivity index (χ1v) is 7.95. The number of fused-ring (bicyclic) bond motifs is 1. The van der Waals surface area contributed by atoms with Gasteiger partial charge in [0.05, 0.1) is 10.6 Å². The lowest BCUT2D eigenvalue weighted by atomic mass is 10.1. The summed E-state index contributed by atoms with van der Waals surface area (Å²) in [6.07, 6.45) is 5.23. The second kappa shape index (κ2) is 5.75. The molecule has 0 fully saturated rings. The maximum Gasteiger partial charge on any atom is 0.190 e. The number of carbonyl (C=O) groups excluding carboxylic acids is 1. The molecule has 0 amide bonds. The highest BCUT2D eigenvalue weighted by atomic mass is 32.1. The molecule has 0 bridgehead atoms. The second-order valence-corrected chi connectivity index (χ2v) is 6.03. The Bertz CT molecular complexity index is 621. The molecule has 0 saturated carbocycles. The van der Waals surface area contributed by atoms with Crippen LogP contribution < -0.4 is 4.90 Å². The van der Waals surface area contributed by atoms with Gasteiger partial charge in [0.1, 0.15) is 0 Å². The molecule has 1 aromatic carbocycles. The van der Waals surface area contributed by atoms with E-state index in [-0.39, 0.29) is 0 Å². The number of carbonyl (C=O) groups is 1. The van der Waals surface area contributed by atoms with E-state index in [0.717, 1.165) is 47.8 Å². The van der Waals surface area contributed by atoms with Gasteiger partial charge in [0, 0.05) is 12.2 Å². The molecule has 104 valence electrons. The predicted octanol–water partition coefficient (Wildman–Crippen LogP) is 3.99. The molecule has 1 aliphatic rings. The summed E-state index contributed by atoms with van der Waals surface area (Å²) in [5.41, 5.74) is 3.55. The summed E-state index contributed by atoms with van der Waals surface area (Å²) in [4.78, 5) is 18.9. The quantitative estimate of drug-likeness (QED) is 0.800. The van der Waals surface area contributed by atoms with Gasteiger partial charge in [-0.3, -0.25) is 4.79 Å². The zero-order valence-electron chi connectivity index (χ0n) is 11.6. The van der Waals surface area contributed by atoms with Crippen LogP contribution in [0.25, 0.3) is 0 Å². The highest BCUT2D eigenvalue weighted by molar-refractivity contribution is 7.17. The number of aromatic nitrogens is 1. The third-order valence-corrected chi connectivity index (χ3v) is 4.80. The van der Waals surface area contributed by atoms with Gasteiger partial charge in [0.2, 0.25) is 0 Å². The normalized spacial score (nSPS) is 14.8. The number of anilines is 2. The summed E-state index contributed by atoms with van der Waals surface area (Å²) < 4.78 is 0. The van der Waals surface area contributed by atoms with Crippen LogP contribution in [0.3, 0.4) is 0 Å². The number of para-hydroxylation sites is 1. The molecule has 0 spiro atoms. The maximum absolute atomic E-state index is 11.1. The third kappa shape index (κ3) is 2.36. The van der Waals surface area contributed by atoms with E-state index in [1.165, 1.54) is 29.0 Å². The fraction of sp³-hybridized carbons (Fsp3) is 0.375. The SMILES string of the molecule is CCc1nc(N2CCCCc3ccccc32)sc1C=O. The van der Waals surface area contributed by atoms with Gasteiger partial charge in [-0.1, -0.05) is 36.5 Å². The summed E-state index contributed by atoms with van der Waals surface area (Å²) in [5.74, 6) is 0. The van der Waals surface area contributed by atoms with Crippen molar-refractivity contribution in [3.05, 3.63) is 40.4 Å². The number of hydrogen-bond acceptors (Lipinski definition) is 4. The van der Waals surface area contributed by atoms with Gasteiger partial charge >= 0.3 is 0 Å². The molecule has 0 N–H and O–H groups in total. The highest BCUT2D eigenvalue weighted by Crippen LogP contribution is 2.35. The van der Waals surface area contributed by atoms with Crippen LogP contribution in [0.4, 0.5) is 10.8 Å². The summed E-state index contributed by atoms with van der Waals surface area (Å²) >= 11 is 1.51. The molecule has 2 aromatic rings. The van der Waals surface area contributed by atoms with Crippen LogP contribution in [0.15, 0.2) is 24.3 Å². The van der Waals surface area contributed by atoms with Crippen LogP contribution in [0.5, 0.6) is 0 Å². The minimum Gasteiger partial charge on any atom is -0.318 e. The molecule has 0 saturated heterocycles. The molecule has 0 radical (unpaired) electrons. The number of aryl methyl sites for hydroxylation is 2. The monoisotopic (exact) mass is 286 g/mol. The van der Waals surface area contributed by atoms with Crippen LogP contribution in [-0.4, -0.2) is 17.8 Å². The number of thiazole rings is 1. The van der Waals surface area contributed by atoms with Crippen LogP contribution in [0.1, 0.15) is 40.7 Å². The summed E-state index contributed by atoms with van der Waals surface area (Å²) in [6, 6.07) is 8.53. The van der Waals surface area contributed by atoms with Crippen molar-refractivity contribution in [1.82, 2.24) is 4.98 Å². The Balaban J connectivity index is 2.05. The lowest BCUT2D eigenvalue weighted by Gasteiger charge is -2.21. The van der Waals surface area contributed by atoms with Gasteiger partial charge in [-0.15, -0.1) is 0 Å². The van der Waals surface area contributed by atoms with Crippen molar-refractivity contribution in [3.8, 4) is 0 Å². The molecule has 4 heteroatoms. The molecule has 0 aliphatic carbocycles. The second-order valence-electron chi connectivity index (χ2n) is 5.02. The first kappa shape index (κ1) is 13.3. The van der Waals surface area contributed by atoms with E-state index < -0.39 is 0 Å². The maximum atomic E-state index is 11.1. The van der Waals surface area contributed by atoms with Crippen LogP contribution in [0.2, 0.25) is 0 Å². The molecule has 1 aliphatic heterocycles. The van der Waals surface area contributed by atoms with Crippen molar-refractivity contribution < 1.29 is 4.79 Å². The van der Waals surface area contributed by atoms with E-state index in [9.17, 15) is 4.79 Å². The number of hydrogen-bond donors (Lipinski definition) is 0. The average molecular weight is 286 g/mol. The molecule has 3 rings (SSSR count). The Kier molecular flexibility index (Phi) is 3.83. The molecular weight excluding hydrogens is 268 g/mol. The molecule has 0 atom stereocenters. The Morgan fingerprint density at radius 1 is 1.35 bits per heavy atom. The molecule has 20 heavy (non-hydrogen) atoms. The zero-order valence-corrected chi connectivity index (χ0v) is 12.4. The first-order valence-electron chi connectivity index (χ1n) is 7.13. The van der Waals surface area contributed by atoms with Gasteiger partial charge in [0.25, 0.3) is 0 Å². The Morgan fingerprint density at radius 3 is 2.95 bits per heavy atom. The molecular formula is C16H18N2OS. The zero-order chi connectivity index (χ0) is 13.9. The van der Waals surface area contributed by atoms with Gasteiger partial charge < -0.3 is 4.90 Å². The van der Waals surface area contributed by atoms with Crippen molar-refractivity contribution in [2.75, 3.05) is 11.4 Å². The highest BCUT2D eigenvalue weighted by Gasteiger charge is 2.20. The molecule has 2 heterocycles. The van der Waals surface area contributed by atoms with Crippen LogP contribution >= 0.6 is 11.3 Å². The van der Waals surface area contributed by atoms with Crippen molar-refractivity contribution in [2.45, 2.75) is 32.6 Å². The predicted molar refractivity (Wildman–Crippen MR) is 83.3 cm³/mol. The fourth-order valence-electron chi connectivity index (χ4n) is 2.70. The van der Waals surface area contributed by atoms with Crippen molar-refractivity contribution in [3.63, 3.8) is 0 Å². The Hall–Kier alpha value is -1.68. The molecule has 3 nitrogen and oxygen atoms in total. The average Bonchev–Trinajstić information content (AvgIpc) is 2.79. The summed E-state index contributed by atoms with van der Waals surface area (Å²) in [6.45, 7) is 3.02. The van der Waals surface area contributed by atoms with Crippen molar-refractivity contribution in [2.24, 2.45) is 0 Å². The van der Waals surface area contributed by atoms with Gasteiger partial charge in [-0.05, 0) is 37.3 Å². The first-order chi connectivity index (χ1) is 9.83. The van der Waals surface area contributed by atoms with E-state index in [1.54, 1.807) is 0 Å². The number of aldehydes is 1. The van der Waals surface area contributed by atoms with Crippen molar-refractivity contribution in [1.29, 1.82) is 0 Å². The van der Waals surface area contributed by atoms with E-state index in [0.29, 0.717) is 0 Å². The van der Waals surface area contributed by atoms with Gasteiger partial charge in [0.15, 0.2) is 11.4 Å². The van der Waals surface area contributed by atoms with E-state index >= 15 is 0 Å². The number of benzene rings is 1. The fourth-order valence-corrected chi connectivity index (χ4v) is 3.71. The van der Waals surface area contributed by atoms with Gasteiger partial charge in [-0.25, -0.2) is 4.98 Å². The largest absolute Gasteiger partial charge is 0.318 e. The topological polar surface area (TPSA) is 33.2 Å². The lowest BCUT2D eigenvalue weighted by molar-refractivity contribution is 0.112. The number of rotatable bonds is 3. The standard InChI is InChI=1S/C16H18N2OS/c1-2-13-15(11-19)20-16(17-13)18-10-6-5-8-12-7-3-4-9-14(12)18/h3-4,7,9,11H,2,5-6,8,10H2,1H3. The van der Waals surface area contributed by atoms with Crippen LogP contribution in [0, 0.1) is 0 Å². The van der Waals surface area contributed by atoms with Crippen LogP contribution in [-0.2, 0) is 12.8 Å². The van der Waals surface area contributed by atoms with E-state index in [1.807, 2.05) is 6.92 Å². The molecule has 0 unspecified atom stereocenters. The summed E-state index contributed by atoms with van der Waals surface area (Å²) in [7, 11) is 0. The minimum atomic E-state index is 0.768. The summed E-state index contributed by atoms with van der Waals surface area (Å²) in [5, 5.41) is 0.957. The number of nitrogens with zero attached hydrogens (tertiary/aromatic N) is 2. The minimum absolute atomic E-state index is 0.768. The lowest BCUT2D eigenvalue weighted by Crippen LogP contribution is -2.17. The molecule has 1 aromatic heterocycles. The third-order valence-electron chi connectivity index (χ3n) is 3.75. The Morgan fingerprint density at radius 2 is 2.20 bits per heavy atom.